The molecule has 0 saturated heterocycles. The van der Waals surface area contributed by atoms with Gasteiger partial charge in [0.1, 0.15) is 5.76 Å². The Balaban J connectivity index is 1.38. The summed E-state index contributed by atoms with van der Waals surface area (Å²) in [6.07, 6.45) is 3.28. The molecule has 1 amide bonds. The van der Waals surface area contributed by atoms with E-state index >= 15 is 0 Å². The maximum absolute atomic E-state index is 12.7. The van der Waals surface area contributed by atoms with Gasteiger partial charge in [-0.15, -0.1) is 0 Å². The maximum Gasteiger partial charge on any atom is 0.274 e. The first-order valence-electron chi connectivity index (χ1n) is 10.0. The topological polar surface area (TPSA) is 94.1 Å². The van der Waals surface area contributed by atoms with Crippen LogP contribution >= 0.6 is 0 Å². The van der Waals surface area contributed by atoms with E-state index in [-0.39, 0.29) is 17.9 Å². The van der Waals surface area contributed by atoms with E-state index < -0.39 is 0 Å². The monoisotopic (exact) mass is 394 g/mol. The summed E-state index contributed by atoms with van der Waals surface area (Å²) in [5, 5.41) is 10.8. The van der Waals surface area contributed by atoms with Gasteiger partial charge in [0.15, 0.2) is 11.5 Å². The summed E-state index contributed by atoms with van der Waals surface area (Å²) in [6.45, 7) is 6.86. The number of rotatable bonds is 5. The van der Waals surface area contributed by atoms with Crippen LogP contribution in [-0.2, 0) is 25.8 Å². The molecule has 4 rings (SSSR count). The van der Waals surface area contributed by atoms with Gasteiger partial charge in [0.05, 0.1) is 6.54 Å². The van der Waals surface area contributed by atoms with Crippen molar-refractivity contribution in [2.45, 2.75) is 53.0 Å². The molecule has 7 nitrogen and oxygen atoms in total. The van der Waals surface area contributed by atoms with E-state index in [0.717, 1.165) is 36.1 Å². The number of aromatic nitrogens is 3. The normalized spacial score (nSPS) is 16.4. The smallest absolute Gasteiger partial charge is 0.274 e. The van der Waals surface area contributed by atoms with Gasteiger partial charge >= 0.3 is 0 Å². The number of fused-ring (bicyclic) bond motifs is 1. The predicted octanol–water partition coefficient (Wildman–Crippen LogP) is 3.73. The third-order valence-corrected chi connectivity index (χ3v) is 5.60. The fourth-order valence-electron chi connectivity index (χ4n) is 3.77. The van der Waals surface area contributed by atoms with Gasteiger partial charge in [0.2, 0.25) is 5.89 Å². The largest absolute Gasteiger partial charge is 0.360 e. The summed E-state index contributed by atoms with van der Waals surface area (Å²) < 4.78 is 10.7. The van der Waals surface area contributed by atoms with Gasteiger partial charge < -0.3 is 14.4 Å². The van der Waals surface area contributed by atoms with E-state index in [4.69, 9.17) is 9.05 Å². The van der Waals surface area contributed by atoms with Crippen LogP contribution < -0.4 is 5.32 Å². The van der Waals surface area contributed by atoms with Crippen molar-refractivity contribution in [2.75, 3.05) is 0 Å². The number of amides is 1. The number of hydrogen-bond donors (Lipinski definition) is 1. The van der Waals surface area contributed by atoms with E-state index in [1.54, 1.807) is 0 Å². The van der Waals surface area contributed by atoms with Crippen LogP contribution in [0.4, 0.5) is 0 Å². The minimum atomic E-state index is -0.271. The molecule has 29 heavy (non-hydrogen) atoms. The second kappa shape index (κ2) is 7.81. The SMILES string of the molecule is CC(C)(C)[C@@H]1CCc2onc(C(=O)NCc3nc(Cc4ccccc4)no3)c2C1. The molecule has 0 saturated carbocycles. The highest BCUT2D eigenvalue weighted by Gasteiger charge is 2.34. The minimum absolute atomic E-state index is 0.158. The van der Waals surface area contributed by atoms with Crippen molar-refractivity contribution >= 4 is 5.91 Å². The molecule has 0 aliphatic heterocycles. The maximum atomic E-state index is 12.7. The zero-order valence-corrected chi connectivity index (χ0v) is 17.1. The quantitative estimate of drug-likeness (QED) is 0.709. The first-order valence-corrected chi connectivity index (χ1v) is 10.0. The lowest BCUT2D eigenvalue weighted by Gasteiger charge is -2.33. The molecule has 0 spiro atoms. The minimum Gasteiger partial charge on any atom is -0.360 e. The van der Waals surface area contributed by atoms with Crippen LogP contribution in [-0.4, -0.2) is 21.2 Å². The Hall–Kier alpha value is -2.96. The summed E-state index contributed by atoms with van der Waals surface area (Å²) in [6, 6.07) is 9.93. The first kappa shape index (κ1) is 19.4. The van der Waals surface area contributed by atoms with E-state index in [2.05, 4.69) is 41.4 Å². The Bertz CT molecular complexity index is 985. The molecular weight excluding hydrogens is 368 g/mol. The number of nitrogens with zero attached hydrogens (tertiary/aromatic N) is 3. The standard InChI is InChI=1S/C22H26N4O3/c1-22(2,3)15-9-10-17-16(12-15)20(26-28-17)21(27)23-13-19-24-18(25-29-19)11-14-7-5-4-6-8-14/h4-8,15H,9-13H2,1-3H3,(H,23,27)/t15-/m1/s1. The van der Waals surface area contributed by atoms with Crippen molar-refractivity contribution in [3.63, 3.8) is 0 Å². The first-order chi connectivity index (χ1) is 13.9. The van der Waals surface area contributed by atoms with Crippen LogP contribution in [0, 0.1) is 11.3 Å². The van der Waals surface area contributed by atoms with Crippen LogP contribution in [0.2, 0.25) is 0 Å². The highest BCUT2D eigenvalue weighted by Crippen LogP contribution is 2.38. The number of carbonyl (C=O) groups is 1. The van der Waals surface area contributed by atoms with Gasteiger partial charge in [-0.05, 0) is 29.7 Å². The van der Waals surface area contributed by atoms with Gasteiger partial charge in [0.25, 0.3) is 5.91 Å². The van der Waals surface area contributed by atoms with Crippen LogP contribution in [0.25, 0.3) is 0 Å². The average Bonchev–Trinajstić information content (AvgIpc) is 3.32. The summed E-state index contributed by atoms with van der Waals surface area (Å²) >= 11 is 0. The van der Waals surface area contributed by atoms with Gasteiger partial charge in [-0.3, -0.25) is 4.79 Å². The number of hydrogen-bond acceptors (Lipinski definition) is 6. The molecule has 152 valence electrons. The molecule has 0 bridgehead atoms. The van der Waals surface area contributed by atoms with Crippen molar-refractivity contribution in [3.05, 3.63) is 64.6 Å². The second-order valence-electron chi connectivity index (χ2n) is 8.69. The molecule has 0 fully saturated rings. The summed E-state index contributed by atoms with van der Waals surface area (Å²) in [4.78, 5) is 17.0. The van der Waals surface area contributed by atoms with E-state index in [1.807, 2.05) is 30.3 Å². The van der Waals surface area contributed by atoms with Crippen LogP contribution in [0.15, 0.2) is 39.4 Å². The Morgan fingerprint density at radius 1 is 1.17 bits per heavy atom. The zero-order valence-electron chi connectivity index (χ0n) is 17.1. The Kier molecular flexibility index (Phi) is 5.22. The highest BCUT2D eigenvalue weighted by molar-refractivity contribution is 5.93. The second-order valence-corrected chi connectivity index (χ2v) is 8.69. The van der Waals surface area contributed by atoms with E-state index in [9.17, 15) is 4.79 Å². The van der Waals surface area contributed by atoms with Gasteiger partial charge in [-0.2, -0.15) is 4.98 Å². The molecule has 3 aromatic rings. The number of benzene rings is 1. The molecule has 1 atom stereocenters. The van der Waals surface area contributed by atoms with Crippen molar-refractivity contribution < 1.29 is 13.8 Å². The summed E-state index contributed by atoms with van der Waals surface area (Å²) in [7, 11) is 0. The lowest BCUT2D eigenvalue weighted by molar-refractivity contribution is 0.0935. The Morgan fingerprint density at radius 2 is 1.97 bits per heavy atom. The molecule has 2 heterocycles. The number of aryl methyl sites for hydroxylation is 1. The predicted molar refractivity (Wildman–Crippen MR) is 106 cm³/mol. The Morgan fingerprint density at radius 3 is 2.72 bits per heavy atom. The fourth-order valence-corrected chi connectivity index (χ4v) is 3.77. The molecule has 0 radical (unpaired) electrons. The molecule has 1 N–H and O–H groups in total. The summed E-state index contributed by atoms with van der Waals surface area (Å²) in [5.74, 6) is 2.02. The van der Waals surface area contributed by atoms with Gasteiger partial charge in [-0.25, -0.2) is 0 Å². The van der Waals surface area contributed by atoms with Gasteiger partial charge in [0, 0.05) is 18.4 Å². The highest BCUT2D eigenvalue weighted by atomic mass is 16.5. The molecule has 1 aliphatic rings. The van der Waals surface area contributed by atoms with Gasteiger partial charge in [-0.1, -0.05) is 61.4 Å². The summed E-state index contributed by atoms with van der Waals surface area (Å²) in [5.41, 5.74) is 2.59. The number of nitrogens with one attached hydrogen (secondary N) is 1. The van der Waals surface area contributed by atoms with Crippen molar-refractivity contribution in [2.24, 2.45) is 11.3 Å². The molecule has 7 heteroatoms. The van der Waals surface area contributed by atoms with E-state index in [0.29, 0.717) is 29.7 Å². The van der Waals surface area contributed by atoms with Crippen molar-refractivity contribution in [1.29, 1.82) is 0 Å². The van der Waals surface area contributed by atoms with Crippen molar-refractivity contribution in [1.82, 2.24) is 20.6 Å². The molecular formula is C22H26N4O3. The van der Waals surface area contributed by atoms with Crippen molar-refractivity contribution in [3.8, 4) is 0 Å². The average molecular weight is 394 g/mol. The molecule has 1 aromatic carbocycles. The van der Waals surface area contributed by atoms with Crippen LogP contribution in [0.5, 0.6) is 0 Å². The third-order valence-electron chi connectivity index (χ3n) is 5.60. The Labute approximate surface area is 169 Å². The zero-order chi connectivity index (χ0) is 20.4. The number of carbonyl (C=O) groups excluding carboxylic acids is 1. The molecule has 2 aromatic heterocycles. The lowest BCUT2D eigenvalue weighted by atomic mass is 9.71. The third kappa shape index (κ3) is 4.39. The van der Waals surface area contributed by atoms with E-state index in [1.165, 1.54) is 0 Å². The van der Waals surface area contributed by atoms with Crippen LogP contribution in [0.1, 0.15) is 66.3 Å². The molecule has 1 aliphatic carbocycles. The fraction of sp³-hybridized carbons (Fsp3) is 0.455. The lowest BCUT2D eigenvalue weighted by Crippen LogP contribution is -2.29. The molecule has 0 unspecified atom stereocenters. The van der Waals surface area contributed by atoms with Crippen LogP contribution in [0.3, 0.4) is 0 Å².